The van der Waals surface area contributed by atoms with Gasteiger partial charge < -0.3 is 15.8 Å². The van der Waals surface area contributed by atoms with Gasteiger partial charge in [0.15, 0.2) is 0 Å². The van der Waals surface area contributed by atoms with Crippen LogP contribution in [-0.4, -0.2) is 26.1 Å². The molecule has 2 atom stereocenters. The van der Waals surface area contributed by atoms with Crippen molar-refractivity contribution in [2.45, 2.75) is 50.4 Å². The minimum absolute atomic E-state index is 0. The highest BCUT2D eigenvalue weighted by molar-refractivity contribution is 5.85. The third-order valence-electron chi connectivity index (χ3n) is 6.14. The van der Waals surface area contributed by atoms with Gasteiger partial charge in [-0.1, -0.05) is 31.4 Å². The number of nitrogens with two attached hydrogens (primary N) is 1. The zero-order valence-electron chi connectivity index (χ0n) is 15.1. The van der Waals surface area contributed by atoms with Crippen molar-refractivity contribution in [3.05, 3.63) is 29.8 Å². The molecule has 3 N–H and O–H groups in total. The van der Waals surface area contributed by atoms with E-state index in [1.807, 2.05) is 6.07 Å². The molecule has 2 fully saturated rings. The normalized spacial score (nSPS) is 24.6. The molecule has 4 nitrogen and oxygen atoms in total. The van der Waals surface area contributed by atoms with Gasteiger partial charge in [0.05, 0.1) is 7.11 Å². The number of rotatable bonds is 6. The predicted molar refractivity (Wildman–Crippen MR) is 103 cm³/mol. The van der Waals surface area contributed by atoms with Gasteiger partial charge in [-0.2, -0.15) is 0 Å². The molecule has 25 heavy (non-hydrogen) atoms. The van der Waals surface area contributed by atoms with Gasteiger partial charge in [0.25, 0.3) is 0 Å². The van der Waals surface area contributed by atoms with Crippen LogP contribution in [0.3, 0.4) is 0 Å². The molecule has 0 unspecified atom stereocenters. The Kier molecular flexibility index (Phi) is 7.14. The fourth-order valence-electron chi connectivity index (χ4n) is 4.62. The Hall–Kier alpha value is -1.26. The van der Waals surface area contributed by atoms with Crippen LogP contribution in [0.15, 0.2) is 24.3 Å². The quantitative estimate of drug-likeness (QED) is 0.810. The average Bonchev–Trinajstić information content (AvgIpc) is 3.29. The summed E-state index contributed by atoms with van der Waals surface area (Å²) < 4.78 is 5.39. The van der Waals surface area contributed by atoms with E-state index in [9.17, 15) is 4.79 Å². The number of nitrogens with one attached hydrogen (secondary N) is 1. The molecule has 0 radical (unpaired) electrons. The standard InChI is InChI=1S/C20H30N2O2.ClH/c1-24-17-8-5-7-16(12-17)20(10-2-3-11-20)14-22-19(23)18-9-4-6-15(18)13-21;/h5,7-8,12,15,18H,2-4,6,9-11,13-14,21H2,1H3,(H,22,23);1H/t15-,18-;/m1./s1. The Morgan fingerprint density at radius 2 is 2.04 bits per heavy atom. The van der Waals surface area contributed by atoms with E-state index in [1.54, 1.807) is 7.11 Å². The number of hydrogen-bond donors (Lipinski definition) is 2. The maximum absolute atomic E-state index is 12.7. The summed E-state index contributed by atoms with van der Waals surface area (Å²) in [5, 5.41) is 3.27. The highest BCUT2D eigenvalue weighted by Gasteiger charge is 2.38. The number of amides is 1. The van der Waals surface area contributed by atoms with Crippen LogP contribution in [0, 0.1) is 11.8 Å². The van der Waals surface area contributed by atoms with Gasteiger partial charge in [0.1, 0.15) is 5.75 Å². The van der Waals surface area contributed by atoms with Crippen molar-refractivity contribution in [1.29, 1.82) is 0 Å². The lowest BCUT2D eigenvalue weighted by atomic mass is 9.78. The topological polar surface area (TPSA) is 64.3 Å². The van der Waals surface area contributed by atoms with Crippen LogP contribution in [-0.2, 0) is 10.2 Å². The summed E-state index contributed by atoms with van der Waals surface area (Å²) in [6.07, 6.45) is 7.91. The number of carbonyl (C=O) groups excluding carboxylic acids is 1. The molecule has 0 aromatic heterocycles. The van der Waals surface area contributed by atoms with Gasteiger partial charge in [0, 0.05) is 17.9 Å². The summed E-state index contributed by atoms with van der Waals surface area (Å²) in [7, 11) is 1.70. The average molecular weight is 367 g/mol. The zero-order valence-corrected chi connectivity index (χ0v) is 15.9. The molecular weight excluding hydrogens is 336 g/mol. The van der Waals surface area contributed by atoms with Crippen molar-refractivity contribution < 1.29 is 9.53 Å². The summed E-state index contributed by atoms with van der Waals surface area (Å²) in [6, 6.07) is 8.35. The summed E-state index contributed by atoms with van der Waals surface area (Å²) in [5.74, 6) is 1.57. The van der Waals surface area contributed by atoms with E-state index in [0.29, 0.717) is 12.5 Å². The van der Waals surface area contributed by atoms with Gasteiger partial charge in [0.2, 0.25) is 5.91 Å². The van der Waals surface area contributed by atoms with Crippen molar-refractivity contribution >= 4 is 18.3 Å². The van der Waals surface area contributed by atoms with Crippen LogP contribution < -0.4 is 15.8 Å². The van der Waals surface area contributed by atoms with Crippen molar-refractivity contribution in [2.75, 3.05) is 20.2 Å². The molecule has 5 heteroatoms. The Bertz CT molecular complexity index is 573. The SMILES string of the molecule is COc1cccc(C2(CNC(=O)[C@@H]3CCC[C@@H]3CN)CCCC2)c1.Cl. The molecule has 3 rings (SSSR count). The van der Waals surface area contributed by atoms with Crippen molar-refractivity contribution in [3.63, 3.8) is 0 Å². The lowest BCUT2D eigenvalue weighted by Gasteiger charge is -2.31. The second-order valence-electron chi connectivity index (χ2n) is 7.47. The van der Waals surface area contributed by atoms with Crippen LogP contribution >= 0.6 is 12.4 Å². The van der Waals surface area contributed by atoms with Crippen LogP contribution in [0.1, 0.15) is 50.5 Å². The van der Waals surface area contributed by atoms with Crippen LogP contribution in [0.25, 0.3) is 0 Å². The van der Waals surface area contributed by atoms with Gasteiger partial charge in [-0.25, -0.2) is 0 Å². The van der Waals surface area contributed by atoms with E-state index in [1.165, 1.54) is 18.4 Å². The van der Waals surface area contributed by atoms with Gasteiger partial charge in [-0.15, -0.1) is 12.4 Å². The third-order valence-corrected chi connectivity index (χ3v) is 6.14. The fourth-order valence-corrected chi connectivity index (χ4v) is 4.62. The summed E-state index contributed by atoms with van der Waals surface area (Å²) in [4.78, 5) is 12.7. The maximum Gasteiger partial charge on any atom is 0.223 e. The molecule has 0 saturated heterocycles. The molecule has 2 aliphatic rings. The maximum atomic E-state index is 12.7. The predicted octanol–water partition coefficient (Wildman–Crippen LogP) is 3.42. The molecule has 2 saturated carbocycles. The third kappa shape index (κ3) is 4.29. The second-order valence-corrected chi connectivity index (χ2v) is 7.47. The number of benzene rings is 1. The Labute approximate surface area is 157 Å². The molecule has 140 valence electrons. The smallest absolute Gasteiger partial charge is 0.223 e. The Morgan fingerprint density at radius 3 is 2.72 bits per heavy atom. The van der Waals surface area contributed by atoms with Crippen LogP contribution in [0.5, 0.6) is 5.75 Å². The highest BCUT2D eigenvalue weighted by Crippen LogP contribution is 2.42. The van der Waals surface area contributed by atoms with Gasteiger partial charge in [-0.05, 0) is 55.8 Å². The van der Waals surface area contributed by atoms with Crippen LogP contribution in [0.2, 0.25) is 0 Å². The number of ether oxygens (including phenoxy) is 1. The fraction of sp³-hybridized carbons (Fsp3) is 0.650. The number of hydrogen-bond acceptors (Lipinski definition) is 3. The number of methoxy groups -OCH3 is 1. The zero-order chi connectivity index (χ0) is 17.0. The molecule has 0 heterocycles. The molecular formula is C20H31ClN2O2. The second kappa shape index (κ2) is 8.91. The van der Waals surface area contributed by atoms with E-state index in [4.69, 9.17) is 10.5 Å². The lowest BCUT2D eigenvalue weighted by Crippen LogP contribution is -2.43. The summed E-state index contributed by atoms with van der Waals surface area (Å²) >= 11 is 0. The minimum Gasteiger partial charge on any atom is -0.497 e. The summed E-state index contributed by atoms with van der Waals surface area (Å²) in [6.45, 7) is 1.35. The molecule has 0 aliphatic heterocycles. The van der Waals surface area contributed by atoms with Crippen molar-refractivity contribution in [3.8, 4) is 5.75 Å². The minimum atomic E-state index is 0. The Morgan fingerprint density at radius 1 is 1.28 bits per heavy atom. The highest BCUT2D eigenvalue weighted by atomic mass is 35.5. The largest absolute Gasteiger partial charge is 0.497 e. The first-order valence-corrected chi connectivity index (χ1v) is 9.31. The lowest BCUT2D eigenvalue weighted by molar-refractivity contribution is -0.126. The van der Waals surface area contributed by atoms with Crippen molar-refractivity contribution in [2.24, 2.45) is 17.6 Å². The van der Waals surface area contributed by atoms with E-state index in [-0.39, 0.29) is 29.6 Å². The van der Waals surface area contributed by atoms with Crippen LogP contribution in [0.4, 0.5) is 0 Å². The first-order chi connectivity index (χ1) is 11.7. The van der Waals surface area contributed by atoms with E-state index >= 15 is 0 Å². The van der Waals surface area contributed by atoms with Gasteiger partial charge >= 0.3 is 0 Å². The summed E-state index contributed by atoms with van der Waals surface area (Å²) in [5.41, 5.74) is 7.18. The van der Waals surface area contributed by atoms with Gasteiger partial charge in [-0.3, -0.25) is 4.79 Å². The Balaban J connectivity index is 0.00000225. The monoisotopic (exact) mass is 366 g/mol. The molecule has 2 aliphatic carbocycles. The molecule has 0 spiro atoms. The van der Waals surface area contributed by atoms with E-state index < -0.39 is 0 Å². The van der Waals surface area contributed by atoms with E-state index in [2.05, 4.69) is 23.5 Å². The molecule has 0 bridgehead atoms. The first-order valence-electron chi connectivity index (χ1n) is 9.31. The molecule has 1 aromatic carbocycles. The molecule has 1 aromatic rings. The number of carbonyl (C=O) groups is 1. The van der Waals surface area contributed by atoms with Crippen molar-refractivity contribution in [1.82, 2.24) is 5.32 Å². The first kappa shape index (κ1) is 20.1. The molecule has 1 amide bonds. The van der Waals surface area contributed by atoms with E-state index in [0.717, 1.165) is 44.4 Å². The number of halogens is 1.